The summed E-state index contributed by atoms with van der Waals surface area (Å²) in [5.41, 5.74) is 1.19. The Labute approximate surface area is 38.1 Å². The van der Waals surface area contributed by atoms with E-state index in [-0.39, 0.29) is 0 Å². The fourth-order valence-corrected chi connectivity index (χ4v) is 0.451. The summed E-state index contributed by atoms with van der Waals surface area (Å²) in [4.78, 5) is 0. The van der Waals surface area contributed by atoms with Gasteiger partial charge in [0.25, 0.3) is 0 Å². The Morgan fingerprint density at radius 3 is 2.50 bits per heavy atom. The van der Waals surface area contributed by atoms with E-state index in [1.54, 1.807) is 0 Å². The van der Waals surface area contributed by atoms with Crippen LogP contribution in [0, 0.1) is 5.92 Å². The molecular formula is C5H9N. The zero-order valence-electron chi connectivity index (χ0n) is 3.99. The van der Waals surface area contributed by atoms with Crippen LogP contribution in [0.25, 0.3) is 0 Å². The molecule has 34 valence electrons. The second kappa shape index (κ2) is 1.00. The number of hydrogen-bond acceptors (Lipinski definition) is 1. The minimum Gasteiger partial charge on any atom is -0.388 e. The third kappa shape index (κ3) is 0.313. The normalized spacial score (nSPS) is 31.5. The van der Waals surface area contributed by atoms with Crippen molar-refractivity contribution >= 4 is 0 Å². The van der Waals surface area contributed by atoms with Crippen LogP contribution in [-0.4, -0.2) is 6.54 Å². The van der Waals surface area contributed by atoms with E-state index in [2.05, 4.69) is 18.8 Å². The first kappa shape index (κ1) is 3.72. The summed E-state index contributed by atoms with van der Waals surface area (Å²) in [7, 11) is 0. The molecule has 0 radical (unpaired) electrons. The van der Waals surface area contributed by atoms with Crippen LogP contribution < -0.4 is 5.32 Å². The summed E-state index contributed by atoms with van der Waals surface area (Å²) in [5, 5.41) is 3.06. The average Bonchev–Trinajstić information content (AvgIpc) is 1.61. The van der Waals surface area contributed by atoms with Crippen molar-refractivity contribution in [2.24, 2.45) is 5.92 Å². The molecule has 0 aliphatic carbocycles. The lowest BCUT2D eigenvalue weighted by Gasteiger charge is -2.26. The van der Waals surface area contributed by atoms with E-state index < -0.39 is 0 Å². The van der Waals surface area contributed by atoms with Crippen molar-refractivity contribution in [2.75, 3.05) is 6.54 Å². The number of rotatable bonds is 0. The molecule has 0 spiro atoms. The van der Waals surface area contributed by atoms with Crippen LogP contribution in [0.4, 0.5) is 0 Å². The SMILES string of the molecule is C=C1NC[C@@H]1C. The van der Waals surface area contributed by atoms with Crippen LogP contribution in [0.1, 0.15) is 6.92 Å². The largest absolute Gasteiger partial charge is 0.388 e. The molecule has 1 rings (SSSR count). The maximum atomic E-state index is 3.73. The smallest absolute Gasteiger partial charge is 0.0224 e. The van der Waals surface area contributed by atoms with Gasteiger partial charge in [0, 0.05) is 18.2 Å². The Morgan fingerprint density at radius 1 is 2.00 bits per heavy atom. The highest BCUT2D eigenvalue weighted by molar-refractivity contribution is 5.06. The molecule has 0 saturated carbocycles. The highest BCUT2D eigenvalue weighted by Crippen LogP contribution is 2.11. The van der Waals surface area contributed by atoms with Crippen molar-refractivity contribution in [3.8, 4) is 0 Å². The highest BCUT2D eigenvalue weighted by Gasteiger charge is 2.13. The van der Waals surface area contributed by atoms with E-state index in [0.29, 0.717) is 0 Å². The molecule has 1 fully saturated rings. The average molecular weight is 83.1 g/mol. The molecule has 1 heterocycles. The first-order valence-electron chi connectivity index (χ1n) is 2.23. The first-order valence-corrected chi connectivity index (χ1v) is 2.23. The van der Waals surface area contributed by atoms with E-state index in [0.717, 1.165) is 12.5 Å². The molecule has 0 unspecified atom stereocenters. The maximum absolute atomic E-state index is 3.73. The van der Waals surface area contributed by atoms with Gasteiger partial charge in [0.2, 0.25) is 0 Å². The third-order valence-electron chi connectivity index (χ3n) is 1.23. The summed E-state index contributed by atoms with van der Waals surface area (Å²) >= 11 is 0. The molecule has 1 N–H and O–H groups in total. The van der Waals surface area contributed by atoms with Crippen LogP contribution in [0.2, 0.25) is 0 Å². The van der Waals surface area contributed by atoms with E-state index in [9.17, 15) is 0 Å². The lowest BCUT2D eigenvalue weighted by molar-refractivity contribution is 0.476. The van der Waals surface area contributed by atoms with E-state index >= 15 is 0 Å². The van der Waals surface area contributed by atoms with Crippen LogP contribution in [0.15, 0.2) is 12.3 Å². The van der Waals surface area contributed by atoms with Gasteiger partial charge in [-0.2, -0.15) is 0 Å². The van der Waals surface area contributed by atoms with Crippen molar-refractivity contribution in [2.45, 2.75) is 6.92 Å². The van der Waals surface area contributed by atoms with Gasteiger partial charge in [0.05, 0.1) is 0 Å². The lowest BCUT2D eigenvalue weighted by Crippen LogP contribution is -2.36. The standard InChI is InChI=1S/C5H9N/c1-4-3-6-5(4)2/h4,6H,2-3H2,1H3/t4-/m0/s1. The van der Waals surface area contributed by atoms with Gasteiger partial charge in [-0.1, -0.05) is 13.5 Å². The molecule has 1 aliphatic rings. The van der Waals surface area contributed by atoms with Crippen molar-refractivity contribution in [1.29, 1.82) is 0 Å². The summed E-state index contributed by atoms with van der Waals surface area (Å²) < 4.78 is 0. The summed E-state index contributed by atoms with van der Waals surface area (Å²) in [6, 6.07) is 0. The molecule has 1 aliphatic heterocycles. The van der Waals surface area contributed by atoms with Gasteiger partial charge in [0.1, 0.15) is 0 Å². The lowest BCUT2D eigenvalue weighted by atomic mass is 10.0. The zero-order chi connectivity index (χ0) is 4.57. The first-order chi connectivity index (χ1) is 2.80. The maximum Gasteiger partial charge on any atom is 0.0224 e. The zero-order valence-corrected chi connectivity index (χ0v) is 3.99. The fraction of sp³-hybridized carbons (Fsp3) is 0.600. The molecule has 1 heteroatoms. The van der Waals surface area contributed by atoms with Crippen molar-refractivity contribution in [3.05, 3.63) is 12.3 Å². The van der Waals surface area contributed by atoms with Crippen LogP contribution in [0.5, 0.6) is 0 Å². The Hall–Kier alpha value is -0.460. The number of hydrogen-bond donors (Lipinski definition) is 1. The minimum atomic E-state index is 0.727. The Morgan fingerprint density at radius 2 is 2.50 bits per heavy atom. The van der Waals surface area contributed by atoms with Crippen LogP contribution >= 0.6 is 0 Å². The minimum absolute atomic E-state index is 0.727. The quantitative estimate of drug-likeness (QED) is 0.455. The molecule has 1 atom stereocenters. The van der Waals surface area contributed by atoms with Gasteiger partial charge in [-0.25, -0.2) is 0 Å². The highest BCUT2D eigenvalue weighted by atomic mass is 15.0. The monoisotopic (exact) mass is 83.1 g/mol. The van der Waals surface area contributed by atoms with Gasteiger partial charge >= 0.3 is 0 Å². The van der Waals surface area contributed by atoms with Gasteiger partial charge in [-0.3, -0.25) is 0 Å². The van der Waals surface area contributed by atoms with E-state index in [1.807, 2.05) is 0 Å². The fourth-order valence-electron chi connectivity index (χ4n) is 0.451. The molecule has 6 heavy (non-hydrogen) atoms. The van der Waals surface area contributed by atoms with Gasteiger partial charge in [-0.05, 0) is 0 Å². The van der Waals surface area contributed by atoms with Crippen molar-refractivity contribution in [3.63, 3.8) is 0 Å². The predicted molar refractivity (Wildman–Crippen MR) is 26.3 cm³/mol. The summed E-state index contributed by atoms with van der Waals surface area (Å²) in [6.45, 7) is 7.02. The Bertz CT molecular complexity index is 76.0. The van der Waals surface area contributed by atoms with E-state index in [1.165, 1.54) is 5.70 Å². The molecule has 1 nitrogen and oxygen atoms in total. The topological polar surface area (TPSA) is 12.0 Å². The third-order valence-corrected chi connectivity index (χ3v) is 1.23. The Balaban J connectivity index is 2.39. The van der Waals surface area contributed by atoms with Crippen molar-refractivity contribution in [1.82, 2.24) is 5.32 Å². The second-order valence-electron chi connectivity index (χ2n) is 1.81. The van der Waals surface area contributed by atoms with Crippen LogP contribution in [0.3, 0.4) is 0 Å². The molecule has 0 bridgehead atoms. The molecule has 0 amide bonds. The van der Waals surface area contributed by atoms with Crippen LogP contribution in [-0.2, 0) is 0 Å². The summed E-state index contributed by atoms with van der Waals surface area (Å²) in [5.74, 6) is 0.727. The molecule has 0 aromatic carbocycles. The van der Waals surface area contributed by atoms with Gasteiger partial charge in [-0.15, -0.1) is 0 Å². The summed E-state index contributed by atoms with van der Waals surface area (Å²) in [6.07, 6.45) is 0. The number of nitrogens with one attached hydrogen (secondary N) is 1. The van der Waals surface area contributed by atoms with Gasteiger partial charge in [0.15, 0.2) is 0 Å². The molecule has 0 aromatic rings. The van der Waals surface area contributed by atoms with E-state index in [4.69, 9.17) is 0 Å². The predicted octanol–water partition coefficient (Wildman–Crippen LogP) is 0.739. The molecule has 1 saturated heterocycles. The Kier molecular flexibility index (Phi) is 0.621. The van der Waals surface area contributed by atoms with Crippen molar-refractivity contribution < 1.29 is 0 Å². The second-order valence-corrected chi connectivity index (χ2v) is 1.81. The van der Waals surface area contributed by atoms with Gasteiger partial charge < -0.3 is 5.32 Å². The molecule has 0 aromatic heterocycles. The molecular weight excluding hydrogens is 74.1 g/mol.